The second-order valence-corrected chi connectivity index (χ2v) is 8.79. The summed E-state index contributed by atoms with van der Waals surface area (Å²) in [6.07, 6.45) is -0.692. The smallest absolute Gasteiger partial charge is 0.407 e. The summed E-state index contributed by atoms with van der Waals surface area (Å²) in [5.74, 6) is -2.60. The molecule has 4 rings (SSSR count). The molecule has 1 fully saturated rings. The summed E-state index contributed by atoms with van der Waals surface area (Å²) in [7, 11) is 0. The number of hydrogen-bond acceptors (Lipinski definition) is 5. The summed E-state index contributed by atoms with van der Waals surface area (Å²) < 4.78 is 10.7. The fraction of sp³-hybridized carbons (Fsp3) is 0.400. The van der Waals surface area contributed by atoms with E-state index >= 15 is 0 Å². The number of aliphatic carboxylic acids is 1. The number of carbonyl (C=O) groups is 3. The number of carboxylic acid groups (broad SMARTS) is 1. The second-order valence-electron chi connectivity index (χ2n) is 8.79. The van der Waals surface area contributed by atoms with Crippen LogP contribution in [0.15, 0.2) is 48.5 Å². The number of alkyl carbamates (subject to hydrolysis) is 1. The minimum absolute atomic E-state index is 0.0480. The standard InChI is InChI=1S/C25H28N2O6/c1-14(2)22(23(28)26-21-13-32-11-20(21)24(29)30)27-25(31)33-12-19-17-9-5-3-7-15(17)16-8-4-6-10-18(16)19/h3-10,14,19-22H,11-13H2,1-2H3,(H,26,28)(H,27,31)(H,29,30). The predicted octanol–water partition coefficient (Wildman–Crippen LogP) is 2.77. The van der Waals surface area contributed by atoms with Crippen LogP contribution in [0.25, 0.3) is 11.1 Å². The van der Waals surface area contributed by atoms with E-state index in [9.17, 15) is 19.5 Å². The first-order chi connectivity index (χ1) is 15.9. The summed E-state index contributed by atoms with van der Waals surface area (Å²) in [4.78, 5) is 36.8. The quantitative estimate of drug-likeness (QED) is 0.595. The fourth-order valence-electron chi connectivity index (χ4n) is 4.51. The molecule has 1 aliphatic carbocycles. The average Bonchev–Trinajstić information content (AvgIpc) is 3.38. The third-order valence-electron chi connectivity index (χ3n) is 6.29. The van der Waals surface area contributed by atoms with Crippen molar-refractivity contribution in [2.24, 2.45) is 11.8 Å². The van der Waals surface area contributed by atoms with Crippen molar-refractivity contribution in [2.45, 2.75) is 31.8 Å². The number of amides is 2. The van der Waals surface area contributed by atoms with E-state index in [-0.39, 0.29) is 31.7 Å². The van der Waals surface area contributed by atoms with Crippen molar-refractivity contribution < 1.29 is 29.0 Å². The molecule has 2 amide bonds. The van der Waals surface area contributed by atoms with E-state index in [2.05, 4.69) is 22.8 Å². The molecule has 8 nitrogen and oxygen atoms in total. The molecule has 3 atom stereocenters. The highest BCUT2D eigenvalue weighted by atomic mass is 16.5. The first-order valence-corrected chi connectivity index (χ1v) is 11.1. The average molecular weight is 453 g/mol. The van der Waals surface area contributed by atoms with E-state index < -0.39 is 36.0 Å². The van der Waals surface area contributed by atoms with E-state index in [0.29, 0.717) is 0 Å². The van der Waals surface area contributed by atoms with Gasteiger partial charge < -0.3 is 25.2 Å². The Morgan fingerprint density at radius 3 is 2.21 bits per heavy atom. The number of carboxylic acids is 1. The van der Waals surface area contributed by atoms with Gasteiger partial charge in [-0.05, 0) is 28.2 Å². The molecule has 2 aromatic rings. The topological polar surface area (TPSA) is 114 Å². The number of hydrogen-bond donors (Lipinski definition) is 3. The molecule has 0 aromatic heterocycles. The van der Waals surface area contributed by atoms with E-state index in [0.717, 1.165) is 22.3 Å². The van der Waals surface area contributed by atoms with E-state index in [1.807, 2.05) is 36.4 Å². The Morgan fingerprint density at radius 2 is 1.64 bits per heavy atom. The van der Waals surface area contributed by atoms with Crippen molar-refractivity contribution in [1.82, 2.24) is 10.6 Å². The maximum Gasteiger partial charge on any atom is 0.407 e. The van der Waals surface area contributed by atoms with Gasteiger partial charge in [0.2, 0.25) is 5.91 Å². The normalized spacial score (nSPS) is 20.1. The van der Waals surface area contributed by atoms with Crippen LogP contribution in [0.1, 0.15) is 30.9 Å². The lowest BCUT2D eigenvalue weighted by Gasteiger charge is -2.24. The number of rotatable bonds is 7. The largest absolute Gasteiger partial charge is 0.481 e. The Bertz CT molecular complexity index is 1010. The van der Waals surface area contributed by atoms with Crippen LogP contribution in [-0.2, 0) is 19.1 Å². The van der Waals surface area contributed by atoms with Gasteiger partial charge in [0.05, 0.1) is 19.3 Å². The summed E-state index contributed by atoms with van der Waals surface area (Å²) in [6, 6.07) is 14.6. The van der Waals surface area contributed by atoms with Crippen molar-refractivity contribution in [1.29, 1.82) is 0 Å². The molecule has 0 saturated carbocycles. The van der Waals surface area contributed by atoms with Crippen LogP contribution in [0.3, 0.4) is 0 Å². The summed E-state index contributed by atoms with van der Waals surface area (Å²) in [6.45, 7) is 3.91. The first-order valence-electron chi connectivity index (χ1n) is 11.1. The molecule has 0 radical (unpaired) electrons. The molecule has 3 N–H and O–H groups in total. The molecule has 0 bridgehead atoms. The molecule has 8 heteroatoms. The van der Waals surface area contributed by atoms with E-state index in [1.54, 1.807) is 13.8 Å². The van der Waals surface area contributed by atoms with Gasteiger partial charge in [0.15, 0.2) is 0 Å². The molecular weight excluding hydrogens is 424 g/mol. The van der Waals surface area contributed by atoms with Crippen LogP contribution >= 0.6 is 0 Å². The fourth-order valence-corrected chi connectivity index (χ4v) is 4.51. The maximum atomic E-state index is 12.8. The number of ether oxygens (including phenoxy) is 2. The third-order valence-corrected chi connectivity index (χ3v) is 6.29. The van der Waals surface area contributed by atoms with Gasteiger partial charge in [0.1, 0.15) is 18.6 Å². The Labute approximate surface area is 192 Å². The highest BCUT2D eigenvalue weighted by molar-refractivity contribution is 5.87. The minimum Gasteiger partial charge on any atom is -0.481 e. The lowest BCUT2D eigenvalue weighted by Crippen LogP contribution is -2.54. The van der Waals surface area contributed by atoms with Crippen LogP contribution in [0.5, 0.6) is 0 Å². The van der Waals surface area contributed by atoms with Gasteiger partial charge in [0, 0.05) is 5.92 Å². The molecule has 33 heavy (non-hydrogen) atoms. The molecule has 1 heterocycles. The van der Waals surface area contributed by atoms with Crippen LogP contribution in [0.4, 0.5) is 4.79 Å². The summed E-state index contributed by atoms with van der Waals surface area (Å²) in [5, 5.41) is 14.6. The molecule has 1 aliphatic heterocycles. The number of fused-ring (bicyclic) bond motifs is 3. The Balaban J connectivity index is 1.39. The van der Waals surface area contributed by atoms with Crippen LogP contribution < -0.4 is 10.6 Å². The van der Waals surface area contributed by atoms with Gasteiger partial charge in [0.25, 0.3) is 0 Å². The van der Waals surface area contributed by atoms with Crippen LogP contribution in [0, 0.1) is 11.8 Å². The van der Waals surface area contributed by atoms with E-state index in [4.69, 9.17) is 9.47 Å². The lowest BCUT2D eigenvalue weighted by atomic mass is 9.98. The zero-order valence-electron chi connectivity index (χ0n) is 18.6. The highest BCUT2D eigenvalue weighted by Crippen LogP contribution is 2.44. The highest BCUT2D eigenvalue weighted by Gasteiger charge is 2.37. The van der Waals surface area contributed by atoms with Crippen molar-refractivity contribution >= 4 is 18.0 Å². The van der Waals surface area contributed by atoms with Crippen molar-refractivity contribution in [2.75, 3.05) is 19.8 Å². The second kappa shape index (κ2) is 9.62. The molecular formula is C25H28N2O6. The maximum absolute atomic E-state index is 12.8. The third kappa shape index (κ3) is 4.71. The molecule has 174 valence electrons. The SMILES string of the molecule is CC(C)C(NC(=O)OCC1c2ccccc2-c2ccccc21)C(=O)NC1COCC1C(=O)O. The monoisotopic (exact) mass is 452 g/mol. The number of benzene rings is 2. The van der Waals surface area contributed by atoms with Crippen molar-refractivity contribution in [3.05, 3.63) is 59.7 Å². The van der Waals surface area contributed by atoms with Gasteiger partial charge in [-0.1, -0.05) is 62.4 Å². The predicted molar refractivity (Wildman–Crippen MR) is 121 cm³/mol. The van der Waals surface area contributed by atoms with Gasteiger partial charge >= 0.3 is 12.1 Å². The molecule has 2 aromatic carbocycles. The minimum atomic E-state index is -1.02. The summed E-state index contributed by atoms with van der Waals surface area (Å²) in [5.41, 5.74) is 4.47. The van der Waals surface area contributed by atoms with Gasteiger partial charge in [-0.3, -0.25) is 9.59 Å². The molecule has 0 spiro atoms. The van der Waals surface area contributed by atoms with Crippen LogP contribution in [-0.4, -0.2) is 55.0 Å². The zero-order valence-corrected chi connectivity index (χ0v) is 18.6. The van der Waals surface area contributed by atoms with Gasteiger partial charge in [-0.2, -0.15) is 0 Å². The number of carbonyl (C=O) groups excluding carboxylic acids is 2. The van der Waals surface area contributed by atoms with Gasteiger partial charge in [-0.15, -0.1) is 0 Å². The number of nitrogens with one attached hydrogen (secondary N) is 2. The van der Waals surface area contributed by atoms with Crippen molar-refractivity contribution in [3.8, 4) is 11.1 Å². The Kier molecular flexibility index (Phi) is 6.65. The first kappa shape index (κ1) is 22.8. The van der Waals surface area contributed by atoms with Crippen molar-refractivity contribution in [3.63, 3.8) is 0 Å². The summed E-state index contributed by atoms with van der Waals surface area (Å²) >= 11 is 0. The van der Waals surface area contributed by atoms with Crippen LogP contribution in [0.2, 0.25) is 0 Å². The van der Waals surface area contributed by atoms with E-state index in [1.165, 1.54) is 0 Å². The lowest BCUT2D eigenvalue weighted by molar-refractivity contribution is -0.142. The zero-order chi connectivity index (χ0) is 23.5. The molecule has 2 aliphatic rings. The Hall–Kier alpha value is -3.39. The van der Waals surface area contributed by atoms with Gasteiger partial charge in [-0.25, -0.2) is 4.79 Å². The molecule has 3 unspecified atom stereocenters. The Morgan fingerprint density at radius 1 is 1.03 bits per heavy atom. The molecule has 1 saturated heterocycles.